The van der Waals surface area contributed by atoms with Crippen molar-refractivity contribution in [1.82, 2.24) is 15.2 Å². The Hall–Kier alpha value is -1.84. The molecule has 0 aliphatic rings. The van der Waals surface area contributed by atoms with Crippen molar-refractivity contribution in [2.75, 3.05) is 5.32 Å². The molecule has 0 spiro atoms. The van der Waals surface area contributed by atoms with E-state index < -0.39 is 0 Å². The molecular weight excluding hydrogens is 260 g/mol. The molecule has 0 unspecified atom stereocenters. The highest BCUT2D eigenvalue weighted by atomic mass is 15.2. The highest BCUT2D eigenvalue weighted by Crippen LogP contribution is 2.23. The molecule has 0 aliphatic heterocycles. The fraction of sp³-hybridized carbons (Fsp3) is 0.529. The number of hydrogen-bond acceptors (Lipinski definition) is 3. The molecule has 2 aromatic rings. The standard InChI is InChI=1S/C13H18N4.2C2H6/c1-9-5-6-14-11(7-9)15-12-8-10(16-17-12)13(2,3)4;2*1-2/h5-8H,1-4H3,(H2,14,15,16,17);2*1-2H3. The van der Waals surface area contributed by atoms with Gasteiger partial charge in [0.1, 0.15) is 5.82 Å². The number of aromatic nitrogens is 3. The van der Waals surface area contributed by atoms with Crippen LogP contribution in [0.25, 0.3) is 0 Å². The summed E-state index contributed by atoms with van der Waals surface area (Å²) in [6.45, 7) is 16.5. The highest BCUT2D eigenvalue weighted by Gasteiger charge is 2.16. The lowest BCUT2D eigenvalue weighted by Gasteiger charge is -2.14. The fourth-order valence-electron chi connectivity index (χ4n) is 1.51. The summed E-state index contributed by atoms with van der Waals surface area (Å²) in [6.07, 6.45) is 1.79. The zero-order valence-electron chi connectivity index (χ0n) is 14.7. The maximum absolute atomic E-state index is 4.24. The van der Waals surface area contributed by atoms with E-state index in [4.69, 9.17) is 0 Å². The number of aromatic amines is 1. The van der Waals surface area contributed by atoms with Crippen LogP contribution in [0, 0.1) is 6.92 Å². The minimum atomic E-state index is 0.0764. The summed E-state index contributed by atoms with van der Waals surface area (Å²) in [6, 6.07) is 5.98. The maximum atomic E-state index is 4.24. The summed E-state index contributed by atoms with van der Waals surface area (Å²) in [5, 5.41) is 10.5. The number of nitrogens with one attached hydrogen (secondary N) is 2. The van der Waals surface area contributed by atoms with E-state index in [0.29, 0.717) is 0 Å². The van der Waals surface area contributed by atoms with E-state index in [-0.39, 0.29) is 5.41 Å². The number of aryl methyl sites for hydroxylation is 1. The first kappa shape index (κ1) is 19.2. The zero-order chi connectivity index (χ0) is 16.5. The zero-order valence-corrected chi connectivity index (χ0v) is 14.7. The Balaban J connectivity index is 0.000000921. The van der Waals surface area contributed by atoms with Crippen molar-refractivity contribution in [3.05, 3.63) is 35.7 Å². The molecule has 4 nitrogen and oxygen atoms in total. The van der Waals surface area contributed by atoms with E-state index >= 15 is 0 Å². The first-order valence-electron chi connectivity index (χ1n) is 7.71. The molecule has 0 aromatic carbocycles. The summed E-state index contributed by atoms with van der Waals surface area (Å²) < 4.78 is 0. The van der Waals surface area contributed by atoms with Crippen molar-refractivity contribution >= 4 is 11.6 Å². The van der Waals surface area contributed by atoms with Gasteiger partial charge in [0.05, 0.1) is 0 Å². The lowest BCUT2D eigenvalue weighted by Crippen LogP contribution is -2.11. The van der Waals surface area contributed by atoms with Crippen molar-refractivity contribution in [2.45, 2.75) is 60.8 Å². The molecule has 0 fully saturated rings. The van der Waals surface area contributed by atoms with Gasteiger partial charge in [-0.05, 0) is 24.6 Å². The van der Waals surface area contributed by atoms with E-state index in [1.807, 2.05) is 52.8 Å². The lowest BCUT2D eigenvalue weighted by molar-refractivity contribution is 0.567. The summed E-state index contributed by atoms with van der Waals surface area (Å²) >= 11 is 0. The van der Waals surface area contributed by atoms with Gasteiger partial charge in [-0.1, -0.05) is 48.5 Å². The van der Waals surface area contributed by atoms with Gasteiger partial charge in [0.2, 0.25) is 0 Å². The van der Waals surface area contributed by atoms with Crippen LogP contribution >= 0.6 is 0 Å². The molecule has 0 amide bonds. The second kappa shape index (κ2) is 9.16. The van der Waals surface area contributed by atoms with E-state index in [1.54, 1.807) is 6.20 Å². The van der Waals surface area contributed by atoms with Gasteiger partial charge in [-0.3, -0.25) is 5.10 Å². The molecule has 0 radical (unpaired) electrons. The average molecular weight is 290 g/mol. The van der Waals surface area contributed by atoms with E-state index in [2.05, 4.69) is 41.3 Å². The summed E-state index contributed by atoms with van der Waals surface area (Å²) in [7, 11) is 0. The lowest BCUT2D eigenvalue weighted by atomic mass is 9.92. The topological polar surface area (TPSA) is 53.6 Å². The fourth-order valence-corrected chi connectivity index (χ4v) is 1.51. The maximum Gasteiger partial charge on any atom is 0.153 e. The third-order valence-corrected chi connectivity index (χ3v) is 2.56. The van der Waals surface area contributed by atoms with Crippen LogP contribution in [0.5, 0.6) is 0 Å². The van der Waals surface area contributed by atoms with Crippen molar-refractivity contribution in [3.63, 3.8) is 0 Å². The van der Waals surface area contributed by atoms with Crippen LogP contribution in [0.1, 0.15) is 59.7 Å². The molecule has 0 saturated heterocycles. The second-order valence-electron chi connectivity index (χ2n) is 5.26. The average Bonchev–Trinajstić information content (AvgIpc) is 2.92. The quantitative estimate of drug-likeness (QED) is 0.798. The SMILES string of the molecule is CC.CC.Cc1ccnc(Nc2cc(C(C)(C)C)[nH]n2)c1. The monoisotopic (exact) mass is 290 g/mol. The molecule has 2 aromatic heterocycles. The molecule has 2 N–H and O–H groups in total. The van der Waals surface area contributed by atoms with Crippen molar-refractivity contribution < 1.29 is 0 Å². The van der Waals surface area contributed by atoms with Gasteiger partial charge in [0, 0.05) is 23.4 Å². The minimum absolute atomic E-state index is 0.0764. The number of hydrogen-bond donors (Lipinski definition) is 2. The van der Waals surface area contributed by atoms with Gasteiger partial charge in [-0.15, -0.1) is 0 Å². The van der Waals surface area contributed by atoms with Crippen molar-refractivity contribution in [3.8, 4) is 0 Å². The molecule has 0 saturated carbocycles. The van der Waals surface area contributed by atoms with E-state index in [1.165, 1.54) is 5.56 Å². The largest absolute Gasteiger partial charge is 0.323 e. The first-order valence-corrected chi connectivity index (χ1v) is 7.71. The Morgan fingerprint density at radius 2 is 1.62 bits per heavy atom. The van der Waals surface area contributed by atoms with Gasteiger partial charge in [-0.2, -0.15) is 5.10 Å². The second-order valence-corrected chi connectivity index (χ2v) is 5.26. The number of anilines is 2. The van der Waals surface area contributed by atoms with Crippen LogP contribution in [-0.4, -0.2) is 15.2 Å². The molecule has 0 bridgehead atoms. The Morgan fingerprint density at radius 3 is 2.10 bits per heavy atom. The third kappa shape index (κ3) is 6.43. The van der Waals surface area contributed by atoms with E-state index in [9.17, 15) is 0 Å². The molecule has 0 atom stereocenters. The summed E-state index contributed by atoms with van der Waals surface area (Å²) in [5.41, 5.74) is 2.36. The molecule has 2 rings (SSSR count). The van der Waals surface area contributed by atoms with E-state index in [0.717, 1.165) is 17.3 Å². The molecule has 2 heterocycles. The molecule has 21 heavy (non-hydrogen) atoms. The van der Waals surface area contributed by atoms with Crippen LogP contribution in [0.3, 0.4) is 0 Å². The first-order chi connectivity index (χ1) is 9.95. The van der Waals surface area contributed by atoms with Gasteiger partial charge < -0.3 is 5.32 Å². The number of nitrogens with zero attached hydrogens (tertiary/aromatic N) is 2. The Kier molecular flexibility index (Phi) is 8.36. The predicted octanol–water partition coefficient (Wildman–Crippen LogP) is 5.21. The molecule has 0 aliphatic carbocycles. The summed E-state index contributed by atoms with van der Waals surface area (Å²) in [5.74, 6) is 1.62. The summed E-state index contributed by atoms with van der Waals surface area (Å²) in [4.78, 5) is 4.24. The smallest absolute Gasteiger partial charge is 0.153 e. The minimum Gasteiger partial charge on any atom is -0.323 e. The van der Waals surface area contributed by atoms with Crippen LogP contribution in [0.15, 0.2) is 24.4 Å². The van der Waals surface area contributed by atoms with Crippen molar-refractivity contribution in [1.29, 1.82) is 0 Å². The Labute approximate surface area is 129 Å². The third-order valence-electron chi connectivity index (χ3n) is 2.56. The van der Waals surface area contributed by atoms with Crippen LogP contribution in [0.4, 0.5) is 11.6 Å². The normalized spacial score (nSPS) is 9.90. The molecular formula is C17H30N4. The molecule has 4 heteroatoms. The van der Waals surface area contributed by atoms with Gasteiger partial charge in [0.15, 0.2) is 5.82 Å². The van der Waals surface area contributed by atoms with Crippen LogP contribution in [-0.2, 0) is 5.41 Å². The number of H-pyrrole nitrogens is 1. The number of pyridine rings is 1. The number of rotatable bonds is 2. The highest BCUT2D eigenvalue weighted by molar-refractivity contribution is 5.52. The van der Waals surface area contributed by atoms with Crippen molar-refractivity contribution in [2.24, 2.45) is 0 Å². The van der Waals surface area contributed by atoms with Gasteiger partial charge in [-0.25, -0.2) is 4.98 Å². The van der Waals surface area contributed by atoms with Gasteiger partial charge >= 0.3 is 0 Å². The Morgan fingerprint density at radius 1 is 1.00 bits per heavy atom. The Bertz CT molecular complexity index is 510. The molecule has 118 valence electrons. The van der Waals surface area contributed by atoms with Gasteiger partial charge in [0.25, 0.3) is 0 Å². The van der Waals surface area contributed by atoms with Crippen LogP contribution < -0.4 is 5.32 Å². The van der Waals surface area contributed by atoms with Crippen LogP contribution in [0.2, 0.25) is 0 Å². The predicted molar refractivity (Wildman–Crippen MR) is 92.2 cm³/mol.